The standard InChI is InChI=1S/C22H20N2/c1-13(2)15-5-7-18-19-8-6-16(14(3)4)10-21(19)22(20(18)9-15)17(11-23)12-24/h5-10,13-14H,1-4H3. The summed E-state index contributed by atoms with van der Waals surface area (Å²) in [5.74, 6) is 0.804. The average molecular weight is 312 g/mol. The molecule has 0 atom stereocenters. The lowest BCUT2D eigenvalue weighted by Crippen LogP contribution is -1.93. The summed E-state index contributed by atoms with van der Waals surface area (Å²) in [4.78, 5) is 0. The molecule has 0 N–H and O–H groups in total. The zero-order valence-corrected chi connectivity index (χ0v) is 14.5. The van der Waals surface area contributed by atoms with Crippen LogP contribution in [-0.4, -0.2) is 0 Å². The fourth-order valence-corrected chi connectivity index (χ4v) is 3.28. The fraction of sp³-hybridized carbons (Fsp3) is 0.273. The highest BCUT2D eigenvalue weighted by atomic mass is 14.3. The molecule has 2 nitrogen and oxygen atoms in total. The van der Waals surface area contributed by atoms with Crippen molar-refractivity contribution in [2.24, 2.45) is 0 Å². The Labute approximate surface area is 143 Å². The monoisotopic (exact) mass is 312 g/mol. The second kappa shape index (κ2) is 5.99. The second-order valence-electron chi connectivity index (χ2n) is 6.89. The van der Waals surface area contributed by atoms with Gasteiger partial charge in [0.05, 0.1) is 0 Å². The van der Waals surface area contributed by atoms with Crippen LogP contribution in [0.2, 0.25) is 0 Å². The van der Waals surface area contributed by atoms with E-state index >= 15 is 0 Å². The predicted molar refractivity (Wildman–Crippen MR) is 97.3 cm³/mol. The van der Waals surface area contributed by atoms with Crippen LogP contribution in [0.1, 0.15) is 61.8 Å². The molecular formula is C22H20N2. The van der Waals surface area contributed by atoms with E-state index in [1.807, 2.05) is 0 Å². The Morgan fingerprint density at radius 3 is 1.46 bits per heavy atom. The van der Waals surface area contributed by atoms with Crippen molar-refractivity contribution in [3.63, 3.8) is 0 Å². The molecule has 0 fully saturated rings. The van der Waals surface area contributed by atoms with Crippen molar-refractivity contribution < 1.29 is 0 Å². The third-order valence-electron chi connectivity index (χ3n) is 4.72. The summed E-state index contributed by atoms with van der Waals surface area (Å²) < 4.78 is 0. The number of hydrogen-bond acceptors (Lipinski definition) is 2. The Bertz CT molecular complexity index is 856. The van der Waals surface area contributed by atoms with Gasteiger partial charge in [-0.05, 0) is 45.2 Å². The van der Waals surface area contributed by atoms with E-state index in [0.29, 0.717) is 11.8 Å². The minimum absolute atomic E-state index is 0.191. The number of fused-ring (bicyclic) bond motifs is 3. The van der Waals surface area contributed by atoms with E-state index in [2.05, 4.69) is 76.2 Å². The number of allylic oxidation sites excluding steroid dienone is 1. The van der Waals surface area contributed by atoms with Gasteiger partial charge in [-0.3, -0.25) is 0 Å². The number of rotatable bonds is 2. The van der Waals surface area contributed by atoms with Crippen molar-refractivity contribution in [1.82, 2.24) is 0 Å². The van der Waals surface area contributed by atoms with Crippen molar-refractivity contribution in [3.8, 4) is 23.3 Å². The lowest BCUT2D eigenvalue weighted by atomic mass is 9.93. The van der Waals surface area contributed by atoms with E-state index in [9.17, 15) is 10.5 Å². The van der Waals surface area contributed by atoms with Gasteiger partial charge < -0.3 is 0 Å². The van der Waals surface area contributed by atoms with Gasteiger partial charge in [0, 0.05) is 5.57 Å². The molecule has 0 heterocycles. The summed E-state index contributed by atoms with van der Waals surface area (Å²) in [6.45, 7) is 8.61. The third-order valence-corrected chi connectivity index (χ3v) is 4.72. The van der Waals surface area contributed by atoms with Crippen molar-refractivity contribution >= 4 is 5.57 Å². The maximum Gasteiger partial charge on any atom is 0.138 e. The van der Waals surface area contributed by atoms with Crippen LogP contribution in [0.5, 0.6) is 0 Å². The van der Waals surface area contributed by atoms with Crippen LogP contribution in [0.15, 0.2) is 42.0 Å². The molecule has 2 aromatic rings. The molecule has 0 saturated carbocycles. The Hall–Kier alpha value is -2.84. The summed E-state index contributed by atoms with van der Waals surface area (Å²) in [7, 11) is 0. The van der Waals surface area contributed by atoms with Gasteiger partial charge in [-0.25, -0.2) is 0 Å². The van der Waals surface area contributed by atoms with Crippen molar-refractivity contribution in [1.29, 1.82) is 10.5 Å². The zero-order chi connectivity index (χ0) is 17.4. The minimum atomic E-state index is 0.191. The summed E-state index contributed by atoms with van der Waals surface area (Å²) in [5.41, 5.74) is 7.67. The van der Waals surface area contributed by atoms with E-state index in [1.165, 1.54) is 11.1 Å². The number of benzene rings is 2. The quantitative estimate of drug-likeness (QED) is 0.564. The summed E-state index contributed by atoms with van der Waals surface area (Å²) in [5, 5.41) is 18.9. The van der Waals surface area contributed by atoms with Gasteiger partial charge in [-0.1, -0.05) is 64.1 Å². The summed E-state index contributed by atoms with van der Waals surface area (Å²) >= 11 is 0. The molecule has 2 heteroatoms. The smallest absolute Gasteiger partial charge is 0.138 e. The lowest BCUT2D eigenvalue weighted by molar-refractivity contribution is 0.866. The van der Waals surface area contributed by atoms with E-state index in [0.717, 1.165) is 27.8 Å². The lowest BCUT2D eigenvalue weighted by Gasteiger charge is -2.09. The predicted octanol–water partition coefficient (Wildman–Crippen LogP) is 5.76. The van der Waals surface area contributed by atoms with Crippen LogP contribution >= 0.6 is 0 Å². The maximum atomic E-state index is 9.46. The Kier molecular flexibility index (Phi) is 4.00. The first-order valence-electron chi connectivity index (χ1n) is 8.31. The van der Waals surface area contributed by atoms with Crippen molar-refractivity contribution in [3.05, 3.63) is 64.2 Å². The van der Waals surface area contributed by atoms with Gasteiger partial charge in [0.1, 0.15) is 17.7 Å². The van der Waals surface area contributed by atoms with Crippen LogP contribution in [-0.2, 0) is 0 Å². The molecule has 0 spiro atoms. The van der Waals surface area contributed by atoms with E-state index < -0.39 is 0 Å². The number of nitrogens with zero attached hydrogens (tertiary/aromatic N) is 2. The van der Waals surface area contributed by atoms with Crippen LogP contribution in [0.3, 0.4) is 0 Å². The van der Waals surface area contributed by atoms with E-state index in [1.54, 1.807) is 0 Å². The SMILES string of the molecule is CC(C)c1ccc2c(c1)C(=C(C#N)C#N)c1cc(C(C)C)ccc1-2. The zero-order valence-electron chi connectivity index (χ0n) is 14.5. The van der Waals surface area contributed by atoms with Crippen LogP contribution < -0.4 is 0 Å². The molecule has 0 aromatic heterocycles. The highest BCUT2D eigenvalue weighted by molar-refractivity contribution is 6.04. The fourth-order valence-electron chi connectivity index (χ4n) is 3.28. The Morgan fingerprint density at radius 2 is 1.12 bits per heavy atom. The van der Waals surface area contributed by atoms with Crippen molar-refractivity contribution in [2.45, 2.75) is 39.5 Å². The molecule has 3 rings (SSSR count). The molecule has 0 saturated heterocycles. The first-order valence-corrected chi connectivity index (χ1v) is 8.31. The molecule has 0 aliphatic heterocycles. The Morgan fingerprint density at radius 1 is 0.708 bits per heavy atom. The molecule has 0 radical (unpaired) electrons. The summed E-state index contributed by atoms with van der Waals surface area (Å²) in [6, 6.07) is 17.0. The molecule has 0 bridgehead atoms. The second-order valence-corrected chi connectivity index (χ2v) is 6.89. The number of nitriles is 2. The molecule has 118 valence electrons. The van der Waals surface area contributed by atoms with Gasteiger partial charge in [-0.15, -0.1) is 0 Å². The molecular weight excluding hydrogens is 292 g/mol. The van der Waals surface area contributed by atoms with E-state index in [4.69, 9.17) is 0 Å². The van der Waals surface area contributed by atoms with Gasteiger partial charge in [0.25, 0.3) is 0 Å². The molecule has 2 aromatic carbocycles. The van der Waals surface area contributed by atoms with Gasteiger partial charge in [-0.2, -0.15) is 10.5 Å². The van der Waals surface area contributed by atoms with Crippen LogP contribution in [0, 0.1) is 22.7 Å². The van der Waals surface area contributed by atoms with Crippen LogP contribution in [0.4, 0.5) is 0 Å². The van der Waals surface area contributed by atoms with Crippen LogP contribution in [0.25, 0.3) is 16.7 Å². The highest BCUT2D eigenvalue weighted by Crippen LogP contribution is 2.47. The van der Waals surface area contributed by atoms with Crippen molar-refractivity contribution in [2.75, 3.05) is 0 Å². The Balaban J connectivity index is 2.36. The topological polar surface area (TPSA) is 47.6 Å². The molecule has 24 heavy (non-hydrogen) atoms. The summed E-state index contributed by atoms with van der Waals surface area (Å²) in [6.07, 6.45) is 0. The molecule has 0 amide bonds. The number of hydrogen-bond donors (Lipinski definition) is 0. The first-order chi connectivity index (χ1) is 11.5. The van der Waals surface area contributed by atoms with Gasteiger partial charge >= 0.3 is 0 Å². The largest absolute Gasteiger partial charge is 0.192 e. The third kappa shape index (κ3) is 2.41. The average Bonchev–Trinajstić information content (AvgIpc) is 2.89. The minimum Gasteiger partial charge on any atom is -0.192 e. The molecule has 0 unspecified atom stereocenters. The normalized spacial score (nSPS) is 11.9. The van der Waals surface area contributed by atoms with E-state index in [-0.39, 0.29) is 5.57 Å². The maximum absolute atomic E-state index is 9.46. The molecule has 1 aliphatic carbocycles. The highest BCUT2D eigenvalue weighted by Gasteiger charge is 2.27. The van der Waals surface area contributed by atoms with Gasteiger partial charge in [0.2, 0.25) is 0 Å². The van der Waals surface area contributed by atoms with Gasteiger partial charge in [0.15, 0.2) is 0 Å². The first kappa shape index (κ1) is 16.0. The molecule has 1 aliphatic rings.